The molecular formula is C29H37N3O11P2. The van der Waals surface area contributed by atoms with Crippen LogP contribution in [0.4, 0.5) is 11.4 Å². The lowest BCUT2D eigenvalue weighted by Crippen LogP contribution is -2.42. The fraction of sp³-hybridized carbons (Fsp3) is 0.414. The Bertz CT molecular complexity index is 1400. The number of likely N-dealkylation sites (tertiary alicyclic amines) is 1. The summed E-state index contributed by atoms with van der Waals surface area (Å²) in [7, 11) is -8.20. The fourth-order valence-corrected chi connectivity index (χ4v) is 10.1. The van der Waals surface area contributed by atoms with E-state index in [1.165, 1.54) is 48.5 Å². The third-order valence-corrected chi connectivity index (χ3v) is 12.6. The Kier molecular flexibility index (Phi) is 13.1. The van der Waals surface area contributed by atoms with E-state index in [1.54, 1.807) is 44.7 Å². The molecule has 244 valence electrons. The molecule has 1 fully saturated rings. The van der Waals surface area contributed by atoms with Crippen LogP contribution in [0.1, 0.15) is 38.8 Å². The maximum atomic E-state index is 14.2. The van der Waals surface area contributed by atoms with Gasteiger partial charge in [-0.3, -0.25) is 39.1 Å². The molecule has 2 aromatic carbocycles. The fourth-order valence-electron chi connectivity index (χ4n) is 4.77. The largest absolute Gasteiger partial charge is 0.347 e. The van der Waals surface area contributed by atoms with E-state index in [0.717, 1.165) is 0 Å². The molecule has 1 aliphatic rings. The summed E-state index contributed by atoms with van der Waals surface area (Å²) in [4.78, 5) is 36.7. The summed E-state index contributed by atoms with van der Waals surface area (Å²) in [5.41, 5.74) is 1.43. The Morgan fingerprint density at radius 1 is 0.711 bits per heavy atom. The van der Waals surface area contributed by atoms with Crippen LogP contribution in [-0.2, 0) is 32.0 Å². The predicted octanol–water partition coefficient (Wildman–Crippen LogP) is 6.71. The van der Waals surface area contributed by atoms with Gasteiger partial charge in [0.05, 0.1) is 36.3 Å². The molecule has 45 heavy (non-hydrogen) atoms. The average molecular weight is 666 g/mol. The Morgan fingerprint density at radius 3 is 1.33 bits per heavy atom. The first-order valence-electron chi connectivity index (χ1n) is 14.3. The topological polar surface area (TPSA) is 178 Å². The van der Waals surface area contributed by atoms with Crippen LogP contribution < -0.4 is 0 Å². The van der Waals surface area contributed by atoms with Crippen molar-refractivity contribution in [2.75, 3.05) is 46.1 Å². The van der Waals surface area contributed by atoms with Crippen LogP contribution in [-0.4, -0.2) is 72.0 Å². The summed E-state index contributed by atoms with van der Waals surface area (Å²) in [6.07, 6.45) is 3.18. The van der Waals surface area contributed by atoms with E-state index >= 15 is 0 Å². The molecule has 1 aliphatic heterocycles. The number of piperidine rings is 1. The van der Waals surface area contributed by atoms with Crippen molar-refractivity contribution in [1.29, 1.82) is 0 Å². The van der Waals surface area contributed by atoms with Gasteiger partial charge in [-0.15, -0.1) is 0 Å². The van der Waals surface area contributed by atoms with Crippen LogP contribution in [0.2, 0.25) is 0 Å². The smallest absolute Gasteiger partial charge is 0.308 e. The van der Waals surface area contributed by atoms with Gasteiger partial charge in [0.2, 0.25) is 0 Å². The van der Waals surface area contributed by atoms with E-state index in [1.807, 2.05) is 0 Å². The number of nitro groups is 2. The quantitative estimate of drug-likeness (QED) is 0.0802. The predicted molar refractivity (Wildman–Crippen MR) is 169 cm³/mol. The van der Waals surface area contributed by atoms with Crippen molar-refractivity contribution in [2.45, 2.75) is 33.1 Å². The number of ketones is 1. The maximum Gasteiger partial charge on any atom is 0.347 e. The van der Waals surface area contributed by atoms with Gasteiger partial charge in [-0.2, -0.15) is 0 Å². The van der Waals surface area contributed by atoms with Gasteiger partial charge in [0.15, 0.2) is 11.2 Å². The van der Waals surface area contributed by atoms with Crippen molar-refractivity contribution >= 4 is 44.5 Å². The molecule has 0 N–H and O–H groups in total. The van der Waals surface area contributed by atoms with Crippen molar-refractivity contribution in [3.05, 3.63) is 91.0 Å². The van der Waals surface area contributed by atoms with E-state index in [-0.39, 0.29) is 63.2 Å². The summed E-state index contributed by atoms with van der Waals surface area (Å²) >= 11 is 0. The van der Waals surface area contributed by atoms with E-state index in [4.69, 9.17) is 18.1 Å². The van der Waals surface area contributed by atoms with Crippen molar-refractivity contribution in [2.24, 2.45) is 0 Å². The molecule has 0 spiro atoms. The number of carbonyl (C=O) groups excluding carboxylic acids is 1. The summed E-state index contributed by atoms with van der Waals surface area (Å²) in [5, 5.41) is 20.9. The van der Waals surface area contributed by atoms with Crippen LogP contribution >= 0.6 is 15.2 Å². The zero-order valence-electron chi connectivity index (χ0n) is 25.5. The monoisotopic (exact) mass is 665 g/mol. The minimum Gasteiger partial charge on any atom is -0.308 e. The highest BCUT2D eigenvalue weighted by Gasteiger charge is 2.52. The molecule has 0 bridgehead atoms. The molecule has 1 saturated heterocycles. The number of rotatable bonds is 16. The number of Topliss-reactive ketones (excluding diaryl/α,β-unsaturated/α-hetero) is 1. The molecule has 0 aliphatic carbocycles. The van der Waals surface area contributed by atoms with Crippen LogP contribution in [0.5, 0.6) is 0 Å². The zero-order valence-corrected chi connectivity index (χ0v) is 27.3. The molecule has 2 aromatic rings. The molecule has 14 nitrogen and oxygen atoms in total. The van der Waals surface area contributed by atoms with Crippen molar-refractivity contribution in [1.82, 2.24) is 4.90 Å². The van der Waals surface area contributed by atoms with Crippen LogP contribution in [0.25, 0.3) is 12.2 Å². The normalized spacial score (nSPS) is 16.5. The molecule has 1 heterocycles. The molecule has 0 unspecified atom stereocenters. The molecule has 0 radical (unpaired) electrons. The van der Waals surface area contributed by atoms with Gasteiger partial charge in [-0.25, -0.2) is 0 Å². The highest BCUT2D eigenvalue weighted by Crippen LogP contribution is 2.70. The Balaban J connectivity index is 2.12. The summed E-state index contributed by atoms with van der Waals surface area (Å²) in [6.45, 7) is 6.41. The second-order valence-electron chi connectivity index (χ2n) is 9.77. The summed E-state index contributed by atoms with van der Waals surface area (Å²) < 4.78 is 50.7. The SMILES string of the molecule is CCOP(=O)(OCC)C(CN1C/C(=C\c2ccc([N+](=O)[O-])cc2)C(=O)/C(=C/c2ccc([N+](=O)[O-])cc2)C1)P(=O)(OCC)OCC. The first-order valence-corrected chi connectivity index (χ1v) is 17.6. The number of non-ortho nitro benzene ring substituents is 2. The average Bonchev–Trinajstić information content (AvgIpc) is 2.99. The Morgan fingerprint density at radius 2 is 1.04 bits per heavy atom. The van der Waals surface area contributed by atoms with Gasteiger partial charge in [0.25, 0.3) is 11.4 Å². The third-order valence-electron chi connectivity index (χ3n) is 6.65. The van der Waals surface area contributed by atoms with Crippen LogP contribution in [0.3, 0.4) is 0 Å². The van der Waals surface area contributed by atoms with Gasteiger partial charge in [-0.1, -0.05) is 0 Å². The lowest BCUT2D eigenvalue weighted by atomic mass is 9.94. The minimum absolute atomic E-state index is 0.00110. The molecule has 0 aromatic heterocycles. The molecular weight excluding hydrogens is 628 g/mol. The van der Waals surface area contributed by atoms with Crippen molar-refractivity contribution in [3.8, 4) is 0 Å². The van der Waals surface area contributed by atoms with E-state index in [2.05, 4.69) is 0 Å². The number of carbonyl (C=O) groups is 1. The lowest BCUT2D eigenvalue weighted by Gasteiger charge is -2.37. The van der Waals surface area contributed by atoms with Crippen molar-refractivity contribution in [3.63, 3.8) is 0 Å². The standard InChI is InChI=1S/C29H37N3O11P2/c1-5-40-44(38,41-6-2)28(45(39,42-7-3)43-8-4)21-30-19-24(17-22-9-13-26(14-10-22)31(34)35)29(33)25(20-30)18-23-11-15-27(16-12-23)32(36)37/h9-18,28H,5-8,19-21H2,1-4H3/b24-17+,25-18+. The van der Waals surface area contributed by atoms with Crippen LogP contribution in [0.15, 0.2) is 59.7 Å². The number of nitrogens with zero attached hydrogens (tertiary/aromatic N) is 3. The first-order chi connectivity index (χ1) is 21.4. The van der Waals surface area contributed by atoms with Crippen LogP contribution in [0, 0.1) is 20.2 Å². The van der Waals surface area contributed by atoms with Gasteiger partial charge in [0, 0.05) is 55.0 Å². The maximum absolute atomic E-state index is 14.2. The van der Waals surface area contributed by atoms with Gasteiger partial charge < -0.3 is 18.1 Å². The highest BCUT2D eigenvalue weighted by molar-refractivity contribution is 7.72. The highest BCUT2D eigenvalue weighted by atomic mass is 31.2. The van der Waals surface area contributed by atoms with Gasteiger partial charge in [0.1, 0.15) is 0 Å². The molecule has 0 atom stereocenters. The lowest BCUT2D eigenvalue weighted by molar-refractivity contribution is -0.385. The first kappa shape index (κ1) is 36.1. The molecule has 0 amide bonds. The second-order valence-corrected chi connectivity index (χ2v) is 14.6. The molecule has 0 saturated carbocycles. The van der Waals surface area contributed by atoms with Crippen molar-refractivity contribution < 1.29 is 41.9 Å². The van der Waals surface area contributed by atoms with Gasteiger partial charge >= 0.3 is 15.2 Å². The molecule has 3 rings (SSSR count). The van der Waals surface area contributed by atoms with E-state index in [0.29, 0.717) is 22.3 Å². The Labute approximate surface area is 261 Å². The number of hydrogen-bond acceptors (Lipinski definition) is 12. The summed E-state index contributed by atoms with van der Waals surface area (Å²) in [5.74, 6) is -0.324. The van der Waals surface area contributed by atoms with E-state index in [9.17, 15) is 34.2 Å². The zero-order chi connectivity index (χ0) is 33.2. The number of hydrogen-bond donors (Lipinski definition) is 0. The minimum atomic E-state index is -4.10. The number of nitro benzene ring substituents is 2. The summed E-state index contributed by atoms with van der Waals surface area (Å²) in [6, 6.07) is 11.3. The second kappa shape index (κ2) is 16.3. The van der Waals surface area contributed by atoms with E-state index < -0.39 is 30.4 Å². The third kappa shape index (κ3) is 9.34. The molecule has 16 heteroatoms. The number of benzene rings is 2. The Hall–Kier alpha value is -3.35. The van der Waals surface area contributed by atoms with Gasteiger partial charge in [-0.05, 0) is 75.2 Å².